The molecule has 1 aliphatic heterocycles. The molecule has 4 aromatic rings. The van der Waals surface area contributed by atoms with E-state index in [1.807, 2.05) is 44.6 Å². The third-order valence-corrected chi connectivity index (χ3v) is 6.49. The highest BCUT2D eigenvalue weighted by atomic mass is 19.1. The summed E-state index contributed by atoms with van der Waals surface area (Å²) < 4.78 is 34.5. The number of fused-ring (bicyclic) bond motifs is 1. The fourth-order valence-electron chi connectivity index (χ4n) is 4.63. The van der Waals surface area contributed by atoms with E-state index >= 15 is 0 Å². The van der Waals surface area contributed by atoms with Crippen LogP contribution in [0.25, 0.3) is 11.3 Å². The molecule has 1 aliphatic rings. The maximum atomic E-state index is 14.2. The standard InChI is InChI=1S/C25H22F2N4O2/c1-15-18-6-4-5-7-20(18)25(2,16-12-28-30(3)13-16)14-31(15)24(32)22-11-23(33-29-22)19-9-8-17(26)10-21(19)27/h4-13,15H,14H2,1-3H3/t15-,25-/m1/s1. The van der Waals surface area contributed by atoms with E-state index in [4.69, 9.17) is 4.52 Å². The molecule has 33 heavy (non-hydrogen) atoms. The highest BCUT2D eigenvalue weighted by Gasteiger charge is 2.43. The molecule has 0 aliphatic carbocycles. The summed E-state index contributed by atoms with van der Waals surface area (Å²) in [6, 6.07) is 12.4. The Balaban J connectivity index is 1.53. The summed E-state index contributed by atoms with van der Waals surface area (Å²) in [5.74, 6) is -1.74. The fourth-order valence-corrected chi connectivity index (χ4v) is 4.63. The Bertz CT molecular complexity index is 1360. The number of aromatic nitrogens is 3. The third-order valence-electron chi connectivity index (χ3n) is 6.49. The van der Waals surface area contributed by atoms with Crippen molar-refractivity contribution in [2.45, 2.75) is 25.3 Å². The molecule has 0 bridgehead atoms. The van der Waals surface area contributed by atoms with E-state index in [9.17, 15) is 13.6 Å². The van der Waals surface area contributed by atoms with Crippen LogP contribution < -0.4 is 0 Å². The second-order valence-electron chi connectivity index (χ2n) is 8.63. The van der Waals surface area contributed by atoms with Crippen LogP contribution in [0.15, 0.2) is 65.4 Å². The summed E-state index contributed by atoms with van der Waals surface area (Å²) >= 11 is 0. The molecule has 8 heteroatoms. The number of aryl methyl sites for hydroxylation is 1. The Morgan fingerprint density at radius 2 is 1.97 bits per heavy atom. The first-order valence-electron chi connectivity index (χ1n) is 10.6. The zero-order chi connectivity index (χ0) is 23.3. The van der Waals surface area contributed by atoms with Gasteiger partial charge in [-0.2, -0.15) is 5.10 Å². The molecule has 1 amide bonds. The zero-order valence-corrected chi connectivity index (χ0v) is 18.4. The number of benzene rings is 2. The largest absolute Gasteiger partial charge is 0.355 e. The highest BCUT2D eigenvalue weighted by molar-refractivity contribution is 5.94. The zero-order valence-electron chi connectivity index (χ0n) is 18.4. The van der Waals surface area contributed by atoms with E-state index in [1.54, 1.807) is 9.58 Å². The summed E-state index contributed by atoms with van der Waals surface area (Å²) in [4.78, 5) is 15.3. The number of hydrogen-bond acceptors (Lipinski definition) is 4. The molecule has 0 fully saturated rings. The van der Waals surface area contributed by atoms with Gasteiger partial charge < -0.3 is 9.42 Å². The van der Waals surface area contributed by atoms with E-state index in [2.05, 4.69) is 23.2 Å². The Hall–Kier alpha value is -3.81. The molecule has 2 aromatic heterocycles. The number of halogens is 2. The minimum absolute atomic E-state index is 0.0418. The van der Waals surface area contributed by atoms with Crippen LogP contribution in [0, 0.1) is 11.6 Å². The quantitative estimate of drug-likeness (QED) is 0.448. The van der Waals surface area contributed by atoms with Gasteiger partial charge in [-0.1, -0.05) is 29.4 Å². The van der Waals surface area contributed by atoms with Crippen molar-refractivity contribution >= 4 is 5.91 Å². The molecule has 0 spiro atoms. The lowest BCUT2D eigenvalue weighted by molar-refractivity contribution is 0.0616. The van der Waals surface area contributed by atoms with Crippen molar-refractivity contribution in [2.75, 3.05) is 6.54 Å². The van der Waals surface area contributed by atoms with Gasteiger partial charge >= 0.3 is 0 Å². The molecular weight excluding hydrogens is 426 g/mol. The number of hydrogen-bond donors (Lipinski definition) is 0. The second kappa shape index (κ2) is 7.65. The van der Waals surface area contributed by atoms with Gasteiger partial charge in [-0.15, -0.1) is 0 Å². The molecule has 0 saturated heterocycles. The van der Waals surface area contributed by atoms with Crippen LogP contribution in [0.2, 0.25) is 0 Å². The van der Waals surface area contributed by atoms with Gasteiger partial charge in [-0.25, -0.2) is 8.78 Å². The van der Waals surface area contributed by atoms with Crippen LogP contribution in [0.5, 0.6) is 0 Å². The predicted octanol–water partition coefficient (Wildman–Crippen LogP) is 4.88. The number of rotatable bonds is 3. The van der Waals surface area contributed by atoms with Crippen molar-refractivity contribution in [3.8, 4) is 11.3 Å². The summed E-state index contributed by atoms with van der Waals surface area (Å²) in [6.07, 6.45) is 3.78. The molecule has 3 heterocycles. The van der Waals surface area contributed by atoms with E-state index in [0.717, 1.165) is 28.8 Å². The Kier molecular flexibility index (Phi) is 4.88. The molecule has 0 saturated carbocycles. The summed E-state index contributed by atoms with van der Waals surface area (Å²) in [5.41, 5.74) is 2.80. The summed E-state index contributed by atoms with van der Waals surface area (Å²) in [6.45, 7) is 4.47. The van der Waals surface area contributed by atoms with Gasteiger partial charge in [-0.3, -0.25) is 9.48 Å². The van der Waals surface area contributed by atoms with Crippen molar-refractivity contribution < 1.29 is 18.1 Å². The van der Waals surface area contributed by atoms with Crippen LogP contribution in [-0.4, -0.2) is 32.3 Å². The lowest BCUT2D eigenvalue weighted by Gasteiger charge is -2.45. The van der Waals surface area contributed by atoms with Crippen LogP contribution >= 0.6 is 0 Å². The smallest absolute Gasteiger partial charge is 0.276 e. The van der Waals surface area contributed by atoms with E-state index < -0.39 is 17.0 Å². The Morgan fingerprint density at radius 1 is 1.18 bits per heavy atom. The second-order valence-corrected chi connectivity index (χ2v) is 8.63. The molecule has 0 radical (unpaired) electrons. The summed E-state index contributed by atoms with van der Waals surface area (Å²) in [7, 11) is 1.86. The van der Waals surface area contributed by atoms with Crippen LogP contribution in [-0.2, 0) is 12.5 Å². The van der Waals surface area contributed by atoms with Crippen molar-refractivity contribution in [1.82, 2.24) is 19.8 Å². The SMILES string of the molecule is C[C@@H]1c2ccccc2[C@@](C)(c2cnn(C)c2)CN1C(=O)c1cc(-c2ccc(F)cc2F)on1. The first kappa shape index (κ1) is 21.1. The van der Waals surface area contributed by atoms with Crippen molar-refractivity contribution in [3.63, 3.8) is 0 Å². The molecule has 0 N–H and O–H groups in total. The van der Waals surface area contributed by atoms with Crippen LogP contribution in [0.4, 0.5) is 8.78 Å². The first-order chi connectivity index (χ1) is 15.8. The maximum absolute atomic E-state index is 14.2. The van der Waals surface area contributed by atoms with Crippen molar-refractivity contribution in [2.24, 2.45) is 7.05 Å². The lowest BCUT2D eigenvalue weighted by Crippen LogP contribution is -2.49. The number of carbonyl (C=O) groups is 1. The van der Waals surface area contributed by atoms with Crippen LogP contribution in [0.1, 0.15) is 47.1 Å². The summed E-state index contributed by atoms with van der Waals surface area (Å²) in [5, 5.41) is 8.24. The molecule has 5 rings (SSSR count). The van der Waals surface area contributed by atoms with E-state index in [-0.39, 0.29) is 29.0 Å². The monoisotopic (exact) mass is 448 g/mol. The molecule has 0 unspecified atom stereocenters. The van der Waals surface area contributed by atoms with Crippen LogP contribution in [0.3, 0.4) is 0 Å². The van der Waals surface area contributed by atoms with E-state index in [0.29, 0.717) is 6.54 Å². The molecule has 2 atom stereocenters. The maximum Gasteiger partial charge on any atom is 0.276 e. The topological polar surface area (TPSA) is 64.2 Å². The van der Waals surface area contributed by atoms with Gasteiger partial charge in [0.1, 0.15) is 11.6 Å². The number of carbonyl (C=O) groups excluding carboxylic acids is 1. The fraction of sp³-hybridized carbons (Fsp3) is 0.240. The third kappa shape index (κ3) is 3.42. The highest BCUT2D eigenvalue weighted by Crippen LogP contribution is 2.44. The van der Waals surface area contributed by atoms with Gasteiger partial charge in [-0.05, 0) is 37.1 Å². The van der Waals surface area contributed by atoms with Gasteiger partial charge in [0, 0.05) is 42.9 Å². The number of amides is 1. The Morgan fingerprint density at radius 3 is 2.70 bits per heavy atom. The van der Waals surface area contributed by atoms with Gasteiger partial charge in [0.15, 0.2) is 11.5 Å². The molecule has 2 aromatic carbocycles. The predicted molar refractivity (Wildman–Crippen MR) is 117 cm³/mol. The van der Waals surface area contributed by atoms with Gasteiger partial charge in [0.2, 0.25) is 0 Å². The average Bonchev–Trinajstić information content (AvgIpc) is 3.46. The minimum Gasteiger partial charge on any atom is -0.355 e. The van der Waals surface area contributed by atoms with Crippen molar-refractivity contribution in [1.29, 1.82) is 0 Å². The number of nitrogens with zero attached hydrogens (tertiary/aromatic N) is 4. The first-order valence-corrected chi connectivity index (χ1v) is 10.6. The minimum atomic E-state index is -0.783. The Labute approximate surface area is 189 Å². The van der Waals surface area contributed by atoms with Gasteiger partial charge in [0.25, 0.3) is 5.91 Å². The normalized spacial score (nSPS) is 20.0. The molecular formula is C25H22F2N4O2. The molecule has 168 valence electrons. The average molecular weight is 448 g/mol. The molecule has 6 nitrogen and oxygen atoms in total. The van der Waals surface area contributed by atoms with Gasteiger partial charge in [0.05, 0.1) is 17.8 Å². The van der Waals surface area contributed by atoms with E-state index in [1.165, 1.54) is 12.1 Å². The van der Waals surface area contributed by atoms with Crippen molar-refractivity contribution in [3.05, 3.63) is 94.9 Å². The lowest BCUT2D eigenvalue weighted by atomic mass is 9.71.